The maximum Gasteiger partial charge on any atom is 0.314 e. The van der Waals surface area contributed by atoms with Crippen molar-refractivity contribution < 1.29 is 14.6 Å². The molecular weight excluding hydrogens is 288 g/mol. The molecule has 0 spiro atoms. The zero-order chi connectivity index (χ0) is 17.0. The highest BCUT2D eigenvalue weighted by atomic mass is 16.5. The zero-order valence-corrected chi connectivity index (χ0v) is 15.2. The number of ether oxygens (including phenoxy) is 1. The highest BCUT2D eigenvalue weighted by Gasteiger charge is 2.56. The van der Waals surface area contributed by atoms with E-state index in [1.54, 1.807) is 0 Å². The smallest absolute Gasteiger partial charge is 0.314 e. The fourth-order valence-corrected chi connectivity index (χ4v) is 3.06. The van der Waals surface area contributed by atoms with Crippen molar-refractivity contribution in [3.8, 4) is 0 Å². The summed E-state index contributed by atoms with van der Waals surface area (Å²) in [5.41, 5.74) is -0.561. The van der Waals surface area contributed by atoms with Crippen molar-refractivity contribution in [1.82, 2.24) is 0 Å². The lowest BCUT2D eigenvalue weighted by molar-refractivity contribution is -0.154. The Labute approximate surface area is 142 Å². The van der Waals surface area contributed by atoms with E-state index in [0.717, 1.165) is 38.5 Å². The number of carbonyl (C=O) groups excluding carboxylic acids is 1. The summed E-state index contributed by atoms with van der Waals surface area (Å²) in [4.78, 5) is 11.9. The molecule has 3 heteroatoms. The lowest BCUT2D eigenvalue weighted by Gasteiger charge is -2.20. The van der Waals surface area contributed by atoms with Crippen LogP contribution >= 0.6 is 0 Å². The first-order valence-electron chi connectivity index (χ1n) is 9.67. The second kappa shape index (κ2) is 11.7. The van der Waals surface area contributed by atoms with Crippen LogP contribution in [-0.4, -0.2) is 23.8 Å². The van der Waals surface area contributed by atoms with Crippen LogP contribution in [0.5, 0.6) is 0 Å². The van der Waals surface area contributed by atoms with E-state index in [4.69, 9.17) is 4.74 Å². The van der Waals surface area contributed by atoms with Crippen LogP contribution in [0.25, 0.3) is 0 Å². The van der Waals surface area contributed by atoms with Gasteiger partial charge >= 0.3 is 5.97 Å². The van der Waals surface area contributed by atoms with Crippen molar-refractivity contribution in [3.05, 3.63) is 12.2 Å². The van der Waals surface area contributed by atoms with Crippen LogP contribution in [-0.2, 0) is 9.53 Å². The molecule has 0 radical (unpaired) electrons. The van der Waals surface area contributed by atoms with E-state index in [1.807, 2.05) is 6.92 Å². The second-order valence-electron chi connectivity index (χ2n) is 6.85. The van der Waals surface area contributed by atoms with Crippen LogP contribution in [0.15, 0.2) is 12.2 Å². The molecule has 1 unspecified atom stereocenters. The minimum atomic E-state index is -0.561. The van der Waals surface area contributed by atoms with Gasteiger partial charge < -0.3 is 9.84 Å². The summed E-state index contributed by atoms with van der Waals surface area (Å²) in [7, 11) is 0. The molecule has 0 aromatic heterocycles. The number of esters is 1. The number of allylic oxidation sites excluding steroid dienone is 2. The fraction of sp³-hybridized carbons (Fsp3) is 0.850. The van der Waals surface area contributed by atoms with Crippen LogP contribution in [0.3, 0.4) is 0 Å². The Kier molecular flexibility index (Phi) is 10.3. The Hall–Kier alpha value is -0.830. The Balaban J connectivity index is 2.00. The lowest BCUT2D eigenvalue weighted by atomic mass is 9.94. The van der Waals surface area contributed by atoms with E-state index in [-0.39, 0.29) is 5.97 Å². The third kappa shape index (κ3) is 7.52. The van der Waals surface area contributed by atoms with E-state index in [2.05, 4.69) is 19.1 Å². The largest absolute Gasteiger partial charge is 0.465 e. The molecule has 1 aliphatic carbocycles. The standard InChI is InChI=1S/C20H36O3/c1-3-5-6-7-8-9-10-11-12-13-14-15-18(21)20(16-17-20)19(22)23-4-2/h9-10,18,21H,3-8,11-17H2,1-2H3/b10-9-. The third-order valence-electron chi connectivity index (χ3n) is 4.85. The third-order valence-corrected chi connectivity index (χ3v) is 4.85. The first kappa shape index (κ1) is 20.2. The molecule has 1 N–H and O–H groups in total. The van der Waals surface area contributed by atoms with Gasteiger partial charge in [-0.2, -0.15) is 0 Å². The minimum absolute atomic E-state index is 0.196. The molecule has 134 valence electrons. The van der Waals surface area contributed by atoms with Crippen molar-refractivity contribution in [2.75, 3.05) is 6.61 Å². The number of hydrogen-bond acceptors (Lipinski definition) is 3. The number of carbonyl (C=O) groups is 1. The predicted molar refractivity (Wildman–Crippen MR) is 95.3 cm³/mol. The van der Waals surface area contributed by atoms with Gasteiger partial charge in [0, 0.05) is 0 Å². The molecule has 23 heavy (non-hydrogen) atoms. The molecule has 1 rings (SSSR count). The quantitative estimate of drug-likeness (QED) is 0.272. The Morgan fingerprint density at radius 1 is 1.04 bits per heavy atom. The van der Waals surface area contributed by atoms with Gasteiger partial charge in [-0.25, -0.2) is 0 Å². The minimum Gasteiger partial charge on any atom is -0.465 e. The van der Waals surface area contributed by atoms with E-state index in [9.17, 15) is 9.90 Å². The monoisotopic (exact) mass is 324 g/mol. The van der Waals surface area contributed by atoms with Crippen molar-refractivity contribution in [3.63, 3.8) is 0 Å². The summed E-state index contributed by atoms with van der Waals surface area (Å²) in [5, 5.41) is 10.3. The van der Waals surface area contributed by atoms with Crippen LogP contribution in [0.1, 0.15) is 90.9 Å². The highest BCUT2D eigenvalue weighted by Crippen LogP contribution is 2.51. The van der Waals surface area contributed by atoms with E-state index in [0.29, 0.717) is 6.61 Å². The first-order valence-corrected chi connectivity index (χ1v) is 9.67. The molecule has 0 aromatic rings. The van der Waals surface area contributed by atoms with Gasteiger partial charge in [-0.15, -0.1) is 0 Å². The molecular formula is C20H36O3. The normalized spacial score (nSPS) is 17.3. The van der Waals surface area contributed by atoms with E-state index >= 15 is 0 Å². The molecule has 1 saturated carbocycles. The molecule has 0 amide bonds. The first-order chi connectivity index (χ1) is 11.2. The second-order valence-corrected chi connectivity index (χ2v) is 6.85. The van der Waals surface area contributed by atoms with Crippen molar-refractivity contribution in [1.29, 1.82) is 0 Å². The number of aliphatic hydroxyl groups is 1. The molecule has 1 aliphatic rings. The Morgan fingerprint density at radius 2 is 1.65 bits per heavy atom. The predicted octanol–water partition coefficient (Wildman–Crippen LogP) is 5.17. The van der Waals surface area contributed by atoms with Crippen LogP contribution in [0.4, 0.5) is 0 Å². The summed E-state index contributed by atoms with van der Waals surface area (Å²) < 4.78 is 5.09. The molecule has 1 atom stereocenters. The lowest BCUT2D eigenvalue weighted by Crippen LogP contribution is -2.31. The van der Waals surface area contributed by atoms with E-state index in [1.165, 1.54) is 38.5 Å². The SMILES string of the molecule is CCCCCC/C=C\CCCCCC(O)C1(C(=O)OCC)CC1. The maximum atomic E-state index is 11.9. The Bertz CT molecular complexity index is 345. The van der Waals surface area contributed by atoms with Crippen molar-refractivity contribution >= 4 is 5.97 Å². The molecule has 1 fully saturated rings. The van der Waals surface area contributed by atoms with Crippen molar-refractivity contribution in [2.24, 2.45) is 5.41 Å². The average Bonchev–Trinajstić information content (AvgIpc) is 3.34. The van der Waals surface area contributed by atoms with Gasteiger partial charge in [0.15, 0.2) is 0 Å². The molecule has 0 heterocycles. The molecule has 0 saturated heterocycles. The topological polar surface area (TPSA) is 46.5 Å². The van der Waals surface area contributed by atoms with Crippen LogP contribution < -0.4 is 0 Å². The summed E-state index contributed by atoms with van der Waals surface area (Å²) in [6.07, 6.45) is 17.3. The number of rotatable bonds is 14. The van der Waals surface area contributed by atoms with E-state index < -0.39 is 11.5 Å². The van der Waals surface area contributed by atoms with Gasteiger partial charge in [0.1, 0.15) is 0 Å². The van der Waals surface area contributed by atoms with Gasteiger partial charge in [-0.3, -0.25) is 4.79 Å². The highest BCUT2D eigenvalue weighted by molar-refractivity contribution is 5.80. The van der Waals surface area contributed by atoms with Crippen molar-refractivity contribution in [2.45, 2.75) is 97.0 Å². The van der Waals surface area contributed by atoms with Crippen LogP contribution in [0.2, 0.25) is 0 Å². The fourth-order valence-electron chi connectivity index (χ4n) is 3.06. The Morgan fingerprint density at radius 3 is 2.17 bits per heavy atom. The van der Waals surface area contributed by atoms with Gasteiger partial charge in [0.2, 0.25) is 0 Å². The maximum absolute atomic E-state index is 11.9. The van der Waals surface area contributed by atoms with Gasteiger partial charge in [0.25, 0.3) is 0 Å². The van der Waals surface area contributed by atoms with Gasteiger partial charge in [0.05, 0.1) is 18.1 Å². The molecule has 0 bridgehead atoms. The van der Waals surface area contributed by atoms with Gasteiger partial charge in [-0.1, -0.05) is 51.2 Å². The number of hydrogen-bond donors (Lipinski definition) is 1. The average molecular weight is 325 g/mol. The molecule has 0 aromatic carbocycles. The summed E-state index contributed by atoms with van der Waals surface area (Å²) in [5.74, 6) is -0.196. The summed E-state index contributed by atoms with van der Waals surface area (Å²) >= 11 is 0. The molecule has 3 nitrogen and oxygen atoms in total. The van der Waals surface area contributed by atoms with Crippen LogP contribution in [0, 0.1) is 5.41 Å². The number of aliphatic hydroxyl groups excluding tert-OH is 1. The summed E-state index contributed by atoms with van der Waals surface area (Å²) in [6, 6.07) is 0. The molecule has 0 aliphatic heterocycles. The zero-order valence-electron chi connectivity index (χ0n) is 15.2. The summed E-state index contributed by atoms with van der Waals surface area (Å²) in [6.45, 7) is 4.46. The number of unbranched alkanes of at least 4 members (excludes halogenated alkanes) is 7. The van der Waals surface area contributed by atoms with Gasteiger partial charge in [-0.05, 0) is 51.9 Å².